The molecule has 0 bridgehead atoms. The molecule has 0 aromatic carbocycles. The van der Waals surface area contributed by atoms with Gasteiger partial charge in [-0.2, -0.15) is 0 Å². The summed E-state index contributed by atoms with van der Waals surface area (Å²) < 4.78 is 5.08. The Kier molecular flexibility index (Phi) is 5.61. The highest BCUT2D eigenvalue weighted by molar-refractivity contribution is 5.86. The molecule has 1 saturated heterocycles. The normalized spacial score (nSPS) is 18.4. The monoisotopic (exact) mass is 241 g/mol. The first-order valence-corrected chi connectivity index (χ1v) is 5.98. The number of rotatable bonds is 5. The molecule has 17 heavy (non-hydrogen) atoms. The first kappa shape index (κ1) is 14.2. The van der Waals surface area contributed by atoms with E-state index in [0.717, 1.165) is 32.7 Å². The second-order valence-electron chi connectivity index (χ2n) is 4.56. The minimum atomic E-state index is -0.295. The zero-order chi connectivity index (χ0) is 12.8. The number of nitrogens with zero attached hydrogens (tertiary/aromatic N) is 3. The fourth-order valence-electron chi connectivity index (χ4n) is 1.75. The van der Waals surface area contributed by atoms with Crippen molar-refractivity contribution < 1.29 is 9.53 Å². The number of carbonyl (C=O) groups is 1. The van der Waals surface area contributed by atoms with Crippen molar-refractivity contribution in [1.82, 2.24) is 14.9 Å². The SMILES string of the molecule is C=C(C)C(=O)OCCN1CCN(N(C)C)CC1. The van der Waals surface area contributed by atoms with Gasteiger partial charge >= 0.3 is 5.97 Å². The topological polar surface area (TPSA) is 36.0 Å². The van der Waals surface area contributed by atoms with Crippen LogP contribution in [-0.2, 0) is 9.53 Å². The third-order valence-corrected chi connectivity index (χ3v) is 2.90. The molecule has 0 spiro atoms. The molecule has 1 rings (SSSR count). The highest BCUT2D eigenvalue weighted by Crippen LogP contribution is 2.02. The molecule has 0 aliphatic carbocycles. The second-order valence-corrected chi connectivity index (χ2v) is 4.56. The van der Waals surface area contributed by atoms with Crippen molar-refractivity contribution in [2.75, 3.05) is 53.4 Å². The van der Waals surface area contributed by atoms with E-state index in [1.54, 1.807) is 6.92 Å². The van der Waals surface area contributed by atoms with E-state index in [0.29, 0.717) is 12.2 Å². The summed E-state index contributed by atoms with van der Waals surface area (Å²) in [6.45, 7) is 10.6. The maximum absolute atomic E-state index is 11.2. The lowest BCUT2D eigenvalue weighted by atomic mass is 10.3. The first-order chi connectivity index (χ1) is 8.00. The zero-order valence-electron chi connectivity index (χ0n) is 11.1. The van der Waals surface area contributed by atoms with Crippen LogP contribution in [0.3, 0.4) is 0 Å². The molecule has 1 aliphatic heterocycles. The quantitative estimate of drug-likeness (QED) is 0.507. The van der Waals surface area contributed by atoms with Crippen LogP contribution >= 0.6 is 0 Å². The lowest BCUT2D eigenvalue weighted by Crippen LogP contribution is -2.51. The molecule has 1 fully saturated rings. The lowest BCUT2D eigenvalue weighted by molar-refractivity contribution is -0.139. The molecule has 0 radical (unpaired) electrons. The van der Waals surface area contributed by atoms with Crippen molar-refractivity contribution in [2.45, 2.75) is 6.92 Å². The summed E-state index contributed by atoms with van der Waals surface area (Å²) in [5.41, 5.74) is 0.461. The van der Waals surface area contributed by atoms with Crippen molar-refractivity contribution in [3.63, 3.8) is 0 Å². The number of hydrazine groups is 1. The molecular weight excluding hydrogens is 218 g/mol. The summed E-state index contributed by atoms with van der Waals surface area (Å²) in [7, 11) is 4.12. The smallest absolute Gasteiger partial charge is 0.333 e. The summed E-state index contributed by atoms with van der Waals surface area (Å²) in [6, 6.07) is 0. The Balaban J connectivity index is 2.14. The molecule has 5 heteroatoms. The number of hydrogen-bond donors (Lipinski definition) is 0. The van der Waals surface area contributed by atoms with Crippen LogP contribution in [-0.4, -0.2) is 74.3 Å². The van der Waals surface area contributed by atoms with Crippen LogP contribution < -0.4 is 0 Å². The Labute approximate surface area is 104 Å². The molecule has 5 nitrogen and oxygen atoms in total. The highest BCUT2D eigenvalue weighted by Gasteiger charge is 2.17. The Hall–Kier alpha value is -0.910. The maximum Gasteiger partial charge on any atom is 0.333 e. The Bertz CT molecular complexity index is 271. The first-order valence-electron chi connectivity index (χ1n) is 5.98. The molecule has 1 heterocycles. The standard InChI is InChI=1S/C12H23N3O2/c1-11(2)12(16)17-10-9-14-5-7-15(8-6-14)13(3)4/h1,5-10H2,2-4H3. The number of hydrogen-bond acceptors (Lipinski definition) is 5. The van der Waals surface area contributed by atoms with E-state index in [9.17, 15) is 4.79 Å². The van der Waals surface area contributed by atoms with Gasteiger partial charge in [-0.15, -0.1) is 0 Å². The summed E-state index contributed by atoms with van der Waals surface area (Å²) in [6.07, 6.45) is 0. The van der Waals surface area contributed by atoms with Crippen LogP contribution in [0.5, 0.6) is 0 Å². The molecular formula is C12H23N3O2. The fraction of sp³-hybridized carbons (Fsp3) is 0.750. The van der Waals surface area contributed by atoms with E-state index in [1.165, 1.54) is 0 Å². The van der Waals surface area contributed by atoms with E-state index in [1.807, 2.05) is 0 Å². The van der Waals surface area contributed by atoms with E-state index >= 15 is 0 Å². The minimum Gasteiger partial charge on any atom is -0.461 e. The summed E-state index contributed by atoms with van der Waals surface area (Å²) in [5.74, 6) is -0.295. The van der Waals surface area contributed by atoms with Crippen LogP contribution in [0.1, 0.15) is 6.92 Å². The van der Waals surface area contributed by atoms with Gasteiger partial charge in [0.25, 0.3) is 0 Å². The molecule has 0 saturated carbocycles. The van der Waals surface area contributed by atoms with Gasteiger partial charge in [-0.25, -0.2) is 14.8 Å². The Morgan fingerprint density at radius 2 is 1.88 bits per heavy atom. The predicted octanol–water partition coefficient (Wildman–Crippen LogP) is 0.200. The van der Waals surface area contributed by atoms with Gasteiger partial charge in [-0.1, -0.05) is 6.58 Å². The zero-order valence-corrected chi connectivity index (χ0v) is 11.1. The molecule has 1 aliphatic rings. The highest BCUT2D eigenvalue weighted by atomic mass is 16.5. The number of piperazine rings is 1. The van der Waals surface area contributed by atoms with Gasteiger partial charge in [0, 0.05) is 52.4 Å². The summed E-state index contributed by atoms with van der Waals surface area (Å²) >= 11 is 0. The van der Waals surface area contributed by atoms with Gasteiger partial charge in [0.1, 0.15) is 6.61 Å². The average molecular weight is 241 g/mol. The van der Waals surface area contributed by atoms with Crippen LogP contribution in [0.4, 0.5) is 0 Å². The third kappa shape index (κ3) is 4.85. The van der Waals surface area contributed by atoms with Crippen LogP contribution in [0.2, 0.25) is 0 Å². The molecule has 98 valence electrons. The van der Waals surface area contributed by atoms with Crippen molar-refractivity contribution in [1.29, 1.82) is 0 Å². The van der Waals surface area contributed by atoms with Crippen molar-refractivity contribution >= 4 is 5.97 Å². The predicted molar refractivity (Wildman–Crippen MR) is 67.5 cm³/mol. The van der Waals surface area contributed by atoms with Gasteiger partial charge in [0.15, 0.2) is 0 Å². The maximum atomic E-state index is 11.2. The molecule has 0 N–H and O–H groups in total. The van der Waals surface area contributed by atoms with Crippen molar-refractivity contribution in [3.05, 3.63) is 12.2 Å². The summed E-state index contributed by atoms with van der Waals surface area (Å²) in [4.78, 5) is 13.5. The van der Waals surface area contributed by atoms with Gasteiger partial charge in [0.2, 0.25) is 0 Å². The molecule has 0 aromatic heterocycles. The van der Waals surface area contributed by atoms with Gasteiger partial charge in [0.05, 0.1) is 0 Å². The average Bonchev–Trinajstić information content (AvgIpc) is 2.29. The summed E-state index contributed by atoms with van der Waals surface area (Å²) in [5, 5.41) is 4.43. The van der Waals surface area contributed by atoms with Crippen molar-refractivity contribution in [3.8, 4) is 0 Å². The number of ether oxygens (including phenoxy) is 1. The van der Waals surface area contributed by atoms with Crippen LogP contribution in [0.25, 0.3) is 0 Å². The van der Waals surface area contributed by atoms with E-state index in [4.69, 9.17) is 4.74 Å². The molecule has 0 unspecified atom stereocenters. The van der Waals surface area contributed by atoms with Gasteiger partial charge < -0.3 is 4.74 Å². The van der Waals surface area contributed by atoms with E-state index < -0.39 is 0 Å². The lowest BCUT2D eigenvalue weighted by Gasteiger charge is -2.37. The number of esters is 1. The largest absolute Gasteiger partial charge is 0.461 e. The van der Waals surface area contributed by atoms with Gasteiger partial charge in [-0.05, 0) is 6.92 Å². The third-order valence-electron chi connectivity index (χ3n) is 2.90. The van der Waals surface area contributed by atoms with Crippen LogP contribution in [0.15, 0.2) is 12.2 Å². The van der Waals surface area contributed by atoms with E-state index in [-0.39, 0.29) is 5.97 Å². The minimum absolute atomic E-state index is 0.295. The Morgan fingerprint density at radius 3 is 2.35 bits per heavy atom. The fourth-order valence-corrected chi connectivity index (χ4v) is 1.75. The Morgan fingerprint density at radius 1 is 1.29 bits per heavy atom. The number of carbonyl (C=O) groups excluding carboxylic acids is 1. The van der Waals surface area contributed by atoms with Crippen molar-refractivity contribution in [2.24, 2.45) is 0 Å². The molecule has 0 atom stereocenters. The van der Waals surface area contributed by atoms with Gasteiger partial charge in [-0.3, -0.25) is 4.90 Å². The second kappa shape index (κ2) is 6.74. The van der Waals surface area contributed by atoms with Crippen LogP contribution in [0, 0.1) is 0 Å². The molecule has 0 amide bonds. The molecule has 0 aromatic rings. The van der Waals surface area contributed by atoms with E-state index in [2.05, 4.69) is 35.6 Å².